The van der Waals surface area contributed by atoms with E-state index in [0.717, 1.165) is 16.6 Å². The molecule has 3 rings (SSSR count). The molecule has 0 aliphatic heterocycles. The van der Waals surface area contributed by atoms with Gasteiger partial charge in [0.2, 0.25) is 0 Å². The largest absolute Gasteiger partial charge is 0.573 e. The van der Waals surface area contributed by atoms with Crippen molar-refractivity contribution in [1.29, 1.82) is 0 Å². The van der Waals surface area contributed by atoms with Crippen LogP contribution in [0.1, 0.15) is 17.4 Å². The van der Waals surface area contributed by atoms with Crippen molar-refractivity contribution in [2.45, 2.75) is 18.8 Å². The highest BCUT2D eigenvalue weighted by Gasteiger charge is 2.30. The van der Waals surface area contributed by atoms with E-state index in [1.807, 2.05) is 24.3 Å². The maximum atomic E-state index is 12.1. The van der Waals surface area contributed by atoms with Crippen LogP contribution in [0.15, 0.2) is 48.5 Å². The number of benzene rings is 2. The summed E-state index contributed by atoms with van der Waals surface area (Å²) in [6.07, 6.45) is -4.24. The quantitative estimate of drug-likeness (QED) is 0.683. The molecule has 9 heteroatoms. The summed E-state index contributed by atoms with van der Waals surface area (Å²) in [6.45, 7) is 0. The maximum absolute atomic E-state index is 12.1. The van der Waals surface area contributed by atoms with E-state index in [4.69, 9.17) is 5.73 Å². The number of aromatic nitrogens is 2. The Morgan fingerprint density at radius 2 is 1.68 bits per heavy atom. The number of hydrogen-bond donors (Lipinski definition) is 2. The van der Waals surface area contributed by atoms with Gasteiger partial charge in [0.25, 0.3) is 0 Å². The number of ether oxygens (including phenoxy) is 1. The van der Waals surface area contributed by atoms with Crippen molar-refractivity contribution in [2.24, 2.45) is 5.73 Å². The van der Waals surface area contributed by atoms with Crippen molar-refractivity contribution in [3.05, 3.63) is 59.9 Å². The van der Waals surface area contributed by atoms with Crippen molar-refractivity contribution >= 4 is 35.8 Å². The van der Waals surface area contributed by atoms with Crippen LogP contribution in [0.25, 0.3) is 11.0 Å². The fourth-order valence-corrected chi connectivity index (χ4v) is 2.33. The zero-order chi connectivity index (χ0) is 16.4. The molecule has 0 bridgehead atoms. The third-order valence-corrected chi connectivity index (χ3v) is 3.37. The average molecular weight is 394 g/mol. The van der Waals surface area contributed by atoms with Gasteiger partial charge in [0, 0.05) is 0 Å². The van der Waals surface area contributed by atoms with Gasteiger partial charge in [-0.05, 0) is 36.2 Å². The minimum Gasteiger partial charge on any atom is -0.406 e. The number of hydrogen-bond acceptors (Lipinski definition) is 3. The lowest BCUT2D eigenvalue weighted by atomic mass is 10.1. The van der Waals surface area contributed by atoms with Crippen LogP contribution in [-0.2, 0) is 6.42 Å². The summed E-state index contributed by atoms with van der Waals surface area (Å²) in [5, 5.41) is 0. The first kappa shape index (κ1) is 21.1. The van der Waals surface area contributed by atoms with Gasteiger partial charge < -0.3 is 15.5 Å². The van der Waals surface area contributed by atoms with Gasteiger partial charge in [-0.3, -0.25) is 0 Å². The molecule has 4 nitrogen and oxygen atoms in total. The number of fused-ring (bicyclic) bond motifs is 1. The van der Waals surface area contributed by atoms with Gasteiger partial charge >= 0.3 is 6.36 Å². The zero-order valence-electron chi connectivity index (χ0n) is 12.8. The average Bonchev–Trinajstić information content (AvgIpc) is 2.92. The number of halogens is 5. The number of H-pyrrole nitrogens is 1. The topological polar surface area (TPSA) is 63.9 Å². The van der Waals surface area contributed by atoms with Crippen molar-refractivity contribution < 1.29 is 17.9 Å². The van der Waals surface area contributed by atoms with Crippen LogP contribution < -0.4 is 10.5 Å². The fourth-order valence-electron chi connectivity index (χ4n) is 2.33. The molecule has 3 N–H and O–H groups in total. The molecule has 25 heavy (non-hydrogen) atoms. The number of rotatable bonds is 4. The molecular formula is C16H16Cl2F3N3O. The Kier molecular flexibility index (Phi) is 7.10. The van der Waals surface area contributed by atoms with E-state index in [2.05, 4.69) is 14.7 Å². The standard InChI is InChI=1S/C16H14F3N3O.2ClH/c17-16(18,19)23-11-7-5-10(6-8-11)9-12(20)15-21-13-3-1-2-4-14(13)22-15;;/h1-8,12H,9,20H2,(H,21,22);2*1H. The van der Waals surface area contributed by atoms with Gasteiger partial charge in [-0.2, -0.15) is 0 Å². The third-order valence-electron chi connectivity index (χ3n) is 3.37. The highest BCUT2D eigenvalue weighted by molar-refractivity contribution is 5.85. The number of nitrogens with two attached hydrogens (primary N) is 1. The lowest BCUT2D eigenvalue weighted by molar-refractivity contribution is -0.274. The minimum absolute atomic E-state index is 0. The highest BCUT2D eigenvalue weighted by Crippen LogP contribution is 2.24. The molecule has 0 radical (unpaired) electrons. The Morgan fingerprint density at radius 3 is 2.28 bits per heavy atom. The first-order valence-electron chi connectivity index (χ1n) is 6.95. The number of imidazole rings is 1. The van der Waals surface area contributed by atoms with Gasteiger partial charge in [0.15, 0.2) is 0 Å². The number of nitrogens with zero attached hydrogens (tertiary/aromatic N) is 1. The normalized spacial score (nSPS) is 12.2. The van der Waals surface area contributed by atoms with E-state index in [1.165, 1.54) is 12.1 Å². The van der Waals surface area contributed by atoms with Crippen LogP contribution in [0.4, 0.5) is 13.2 Å². The number of aromatic amines is 1. The van der Waals surface area contributed by atoms with Crippen molar-refractivity contribution in [2.75, 3.05) is 0 Å². The second kappa shape index (κ2) is 8.42. The molecule has 1 heterocycles. The van der Waals surface area contributed by atoms with E-state index in [1.54, 1.807) is 12.1 Å². The predicted octanol–water partition coefficient (Wildman–Crippen LogP) is 4.55. The zero-order valence-corrected chi connectivity index (χ0v) is 14.4. The van der Waals surface area contributed by atoms with E-state index in [9.17, 15) is 13.2 Å². The van der Waals surface area contributed by atoms with Gasteiger partial charge in [0.1, 0.15) is 11.6 Å². The van der Waals surface area contributed by atoms with E-state index < -0.39 is 6.36 Å². The smallest absolute Gasteiger partial charge is 0.406 e. The molecule has 1 atom stereocenters. The van der Waals surface area contributed by atoms with Crippen LogP contribution in [0.3, 0.4) is 0 Å². The summed E-state index contributed by atoms with van der Waals surface area (Å²) in [5.74, 6) is 0.389. The molecule has 0 saturated heterocycles. The van der Waals surface area contributed by atoms with Gasteiger partial charge in [-0.15, -0.1) is 38.0 Å². The summed E-state index contributed by atoms with van der Waals surface area (Å²) in [7, 11) is 0. The van der Waals surface area contributed by atoms with Crippen LogP contribution in [-0.4, -0.2) is 16.3 Å². The molecule has 3 aromatic rings. The Bertz CT molecular complexity index is 773. The number of para-hydroxylation sites is 2. The highest BCUT2D eigenvalue weighted by atomic mass is 35.5. The molecule has 0 spiro atoms. The molecule has 0 aliphatic carbocycles. The number of alkyl halides is 3. The van der Waals surface area contributed by atoms with Crippen molar-refractivity contribution in [1.82, 2.24) is 9.97 Å². The molecule has 1 unspecified atom stereocenters. The Morgan fingerprint density at radius 1 is 1.04 bits per heavy atom. The number of nitrogens with one attached hydrogen (secondary N) is 1. The Hall–Kier alpha value is -1.96. The SMILES string of the molecule is Cl.Cl.NC(Cc1ccc(OC(F)(F)F)cc1)c1nc2ccccc2[nH]1. The lowest BCUT2D eigenvalue weighted by Crippen LogP contribution is -2.17. The van der Waals surface area contributed by atoms with Crippen LogP contribution >= 0.6 is 24.8 Å². The molecule has 1 aromatic heterocycles. The molecule has 0 aliphatic rings. The summed E-state index contributed by atoms with van der Waals surface area (Å²) >= 11 is 0. The van der Waals surface area contributed by atoms with E-state index in [-0.39, 0.29) is 36.6 Å². The Labute approximate surface area is 154 Å². The summed E-state index contributed by atoms with van der Waals surface area (Å²) in [4.78, 5) is 7.57. The third kappa shape index (κ3) is 5.52. The first-order valence-corrected chi connectivity index (χ1v) is 6.95. The lowest BCUT2D eigenvalue weighted by Gasteiger charge is -2.11. The van der Waals surface area contributed by atoms with Crippen molar-refractivity contribution in [3.63, 3.8) is 0 Å². The van der Waals surface area contributed by atoms with E-state index >= 15 is 0 Å². The second-order valence-corrected chi connectivity index (χ2v) is 5.14. The summed E-state index contributed by atoms with van der Waals surface area (Å²) in [5.41, 5.74) is 8.65. The summed E-state index contributed by atoms with van der Waals surface area (Å²) in [6, 6.07) is 12.9. The molecule has 0 amide bonds. The fraction of sp³-hybridized carbons (Fsp3) is 0.188. The van der Waals surface area contributed by atoms with E-state index in [0.29, 0.717) is 12.2 Å². The van der Waals surface area contributed by atoms with Crippen LogP contribution in [0.5, 0.6) is 5.75 Å². The molecule has 0 fully saturated rings. The molecule has 136 valence electrons. The summed E-state index contributed by atoms with van der Waals surface area (Å²) < 4.78 is 40.2. The monoisotopic (exact) mass is 393 g/mol. The van der Waals surface area contributed by atoms with Crippen molar-refractivity contribution in [3.8, 4) is 5.75 Å². The minimum atomic E-state index is -4.69. The van der Waals surface area contributed by atoms with Crippen LogP contribution in [0.2, 0.25) is 0 Å². The van der Waals surface area contributed by atoms with Gasteiger partial charge in [-0.1, -0.05) is 24.3 Å². The van der Waals surface area contributed by atoms with Gasteiger partial charge in [0.05, 0.1) is 17.1 Å². The van der Waals surface area contributed by atoms with Crippen LogP contribution in [0, 0.1) is 0 Å². The first-order chi connectivity index (χ1) is 10.9. The van der Waals surface area contributed by atoms with Gasteiger partial charge in [-0.25, -0.2) is 4.98 Å². The Balaban J connectivity index is 0.00000156. The predicted molar refractivity (Wildman–Crippen MR) is 94.3 cm³/mol. The molecule has 0 saturated carbocycles. The second-order valence-electron chi connectivity index (χ2n) is 5.14. The molecular weight excluding hydrogens is 378 g/mol. The molecule has 2 aromatic carbocycles. The maximum Gasteiger partial charge on any atom is 0.573 e.